The molecular weight excluding hydrogens is 426 g/mol. The monoisotopic (exact) mass is 449 g/mol. The maximum absolute atomic E-state index is 13.0. The van der Waals surface area contributed by atoms with Gasteiger partial charge in [-0.15, -0.1) is 0 Å². The number of aryl methyl sites for hydroxylation is 2. The molecule has 1 amide bonds. The average molecular weight is 450 g/mol. The highest BCUT2D eigenvalue weighted by molar-refractivity contribution is 7.92. The van der Waals surface area contributed by atoms with Gasteiger partial charge in [-0.2, -0.15) is 0 Å². The van der Waals surface area contributed by atoms with Crippen LogP contribution in [0.5, 0.6) is 5.75 Å². The maximum Gasteiger partial charge on any atom is 0.262 e. The molecule has 4 aromatic rings. The SMILES string of the molecule is COc1ccc(NS(=O)(=O)c2cc(NC(=O)c3c(C)[nH]c4ccccc34)ccc2C)cc1. The van der Waals surface area contributed by atoms with E-state index in [1.165, 1.54) is 6.07 Å². The number of sulfonamides is 1. The number of benzene rings is 3. The van der Waals surface area contributed by atoms with Gasteiger partial charge in [0.1, 0.15) is 5.75 Å². The molecule has 0 aliphatic heterocycles. The van der Waals surface area contributed by atoms with Gasteiger partial charge in [0.2, 0.25) is 0 Å². The summed E-state index contributed by atoms with van der Waals surface area (Å²) in [4.78, 5) is 16.3. The van der Waals surface area contributed by atoms with Gasteiger partial charge in [0.25, 0.3) is 15.9 Å². The molecule has 0 bridgehead atoms. The van der Waals surface area contributed by atoms with Crippen molar-refractivity contribution < 1.29 is 17.9 Å². The lowest BCUT2D eigenvalue weighted by Crippen LogP contribution is -2.16. The van der Waals surface area contributed by atoms with Crippen molar-refractivity contribution in [2.45, 2.75) is 18.7 Å². The Hall–Kier alpha value is -3.78. The second-order valence-corrected chi connectivity index (χ2v) is 9.09. The van der Waals surface area contributed by atoms with E-state index in [4.69, 9.17) is 4.74 Å². The third kappa shape index (κ3) is 4.17. The zero-order valence-electron chi connectivity index (χ0n) is 17.9. The fraction of sp³-hybridized carbons (Fsp3) is 0.125. The summed E-state index contributed by atoms with van der Waals surface area (Å²) < 4.78 is 33.7. The summed E-state index contributed by atoms with van der Waals surface area (Å²) in [5, 5.41) is 3.64. The molecule has 7 nitrogen and oxygen atoms in total. The number of rotatable bonds is 6. The predicted octanol–water partition coefficient (Wildman–Crippen LogP) is 4.85. The number of amides is 1. The molecule has 0 aliphatic rings. The van der Waals surface area contributed by atoms with Crippen molar-refractivity contribution in [1.29, 1.82) is 0 Å². The molecule has 3 aromatic carbocycles. The number of aromatic nitrogens is 1. The summed E-state index contributed by atoms with van der Waals surface area (Å²) in [6, 6.07) is 18.9. The molecule has 0 fully saturated rings. The Morgan fingerprint density at radius 2 is 1.62 bits per heavy atom. The summed E-state index contributed by atoms with van der Waals surface area (Å²) in [5.41, 5.74) is 3.50. The zero-order valence-corrected chi connectivity index (χ0v) is 18.7. The van der Waals surface area contributed by atoms with Crippen LogP contribution >= 0.6 is 0 Å². The molecule has 1 heterocycles. The average Bonchev–Trinajstić information content (AvgIpc) is 3.11. The van der Waals surface area contributed by atoms with Crippen LogP contribution in [0.3, 0.4) is 0 Å². The second-order valence-electron chi connectivity index (χ2n) is 7.44. The van der Waals surface area contributed by atoms with E-state index in [2.05, 4.69) is 15.0 Å². The molecule has 0 spiro atoms. The minimum atomic E-state index is -3.87. The van der Waals surface area contributed by atoms with Crippen molar-refractivity contribution in [2.75, 3.05) is 17.1 Å². The Bertz CT molecular complexity index is 1410. The Kier molecular flexibility index (Phi) is 5.63. The van der Waals surface area contributed by atoms with E-state index in [0.29, 0.717) is 28.3 Å². The molecule has 0 atom stereocenters. The maximum atomic E-state index is 13.0. The van der Waals surface area contributed by atoms with E-state index in [-0.39, 0.29) is 10.8 Å². The fourth-order valence-electron chi connectivity index (χ4n) is 3.60. The summed E-state index contributed by atoms with van der Waals surface area (Å²) in [5.74, 6) is 0.316. The lowest BCUT2D eigenvalue weighted by atomic mass is 10.1. The molecule has 0 radical (unpaired) electrons. The van der Waals surface area contributed by atoms with Gasteiger partial charge < -0.3 is 15.0 Å². The number of H-pyrrole nitrogens is 1. The number of aromatic amines is 1. The summed E-state index contributed by atoms with van der Waals surface area (Å²) in [6.45, 7) is 3.54. The Labute approximate surface area is 186 Å². The van der Waals surface area contributed by atoms with Gasteiger partial charge >= 0.3 is 0 Å². The van der Waals surface area contributed by atoms with Gasteiger partial charge in [-0.05, 0) is 61.9 Å². The van der Waals surface area contributed by atoms with Crippen molar-refractivity contribution in [1.82, 2.24) is 4.98 Å². The van der Waals surface area contributed by atoms with E-state index in [9.17, 15) is 13.2 Å². The standard InChI is InChI=1S/C24H23N3O4S/c1-15-8-9-18(26-24(28)23-16(2)25-21-7-5-4-6-20(21)23)14-22(15)32(29,30)27-17-10-12-19(31-3)13-11-17/h4-14,25,27H,1-3H3,(H,26,28). The van der Waals surface area contributed by atoms with Gasteiger partial charge in [0.05, 0.1) is 17.6 Å². The van der Waals surface area contributed by atoms with Gasteiger partial charge in [0, 0.05) is 28.0 Å². The molecule has 4 rings (SSSR count). The highest BCUT2D eigenvalue weighted by Crippen LogP contribution is 2.26. The molecule has 3 N–H and O–H groups in total. The van der Waals surface area contributed by atoms with Crippen LogP contribution in [0.4, 0.5) is 11.4 Å². The first-order valence-electron chi connectivity index (χ1n) is 9.94. The van der Waals surface area contributed by atoms with Crippen LogP contribution in [0.1, 0.15) is 21.6 Å². The summed E-state index contributed by atoms with van der Waals surface area (Å²) in [6.07, 6.45) is 0. The molecule has 0 saturated heterocycles. The highest BCUT2D eigenvalue weighted by atomic mass is 32.2. The van der Waals surface area contributed by atoms with Gasteiger partial charge in [-0.3, -0.25) is 9.52 Å². The number of hydrogen-bond acceptors (Lipinski definition) is 4. The summed E-state index contributed by atoms with van der Waals surface area (Å²) in [7, 11) is -2.33. The van der Waals surface area contributed by atoms with Gasteiger partial charge in [0.15, 0.2) is 0 Å². The molecule has 1 aromatic heterocycles. The number of anilines is 2. The predicted molar refractivity (Wildman–Crippen MR) is 126 cm³/mol. The number of methoxy groups -OCH3 is 1. The van der Waals surface area contributed by atoms with Crippen LogP contribution in [0, 0.1) is 13.8 Å². The fourth-order valence-corrected chi connectivity index (χ4v) is 4.93. The minimum absolute atomic E-state index is 0.0850. The van der Waals surface area contributed by atoms with E-state index >= 15 is 0 Å². The van der Waals surface area contributed by atoms with Crippen molar-refractivity contribution >= 4 is 38.2 Å². The summed E-state index contributed by atoms with van der Waals surface area (Å²) >= 11 is 0. The smallest absolute Gasteiger partial charge is 0.262 e. The van der Waals surface area contributed by atoms with Crippen LogP contribution in [0.25, 0.3) is 10.9 Å². The third-order valence-electron chi connectivity index (χ3n) is 5.20. The van der Waals surface area contributed by atoms with E-state index in [0.717, 1.165) is 16.6 Å². The second kappa shape index (κ2) is 8.39. The molecular formula is C24H23N3O4S. The first kappa shape index (κ1) is 21.5. The Balaban J connectivity index is 1.61. The zero-order chi connectivity index (χ0) is 22.9. The molecule has 8 heteroatoms. The molecule has 0 unspecified atom stereocenters. The quantitative estimate of drug-likeness (QED) is 0.392. The number of carbonyl (C=O) groups is 1. The number of para-hydroxylation sites is 1. The van der Waals surface area contributed by atoms with Crippen LogP contribution in [-0.4, -0.2) is 26.4 Å². The van der Waals surface area contributed by atoms with E-state index in [1.807, 2.05) is 31.2 Å². The molecule has 32 heavy (non-hydrogen) atoms. The van der Waals surface area contributed by atoms with Crippen molar-refractivity contribution in [2.24, 2.45) is 0 Å². The largest absolute Gasteiger partial charge is 0.497 e. The topological polar surface area (TPSA) is 100 Å². The van der Waals surface area contributed by atoms with Crippen LogP contribution in [-0.2, 0) is 10.0 Å². The van der Waals surface area contributed by atoms with Crippen molar-refractivity contribution in [3.05, 3.63) is 83.6 Å². The third-order valence-corrected chi connectivity index (χ3v) is 6.72. The lowest BCUT2D eigenvalue weighted by Gasteiger charge is -2.13. The number of hydrogen-bond donors (Lipinski definition) is 3. The number of carbonyl (C=O) groups excluding carboxylic acids is 1. The minimum Gasteiger partial charge on any atom is -0.497 e. The lowest BCUT2D eigenvalue weighted by molar-refractivity contribution is 0.102. The van der Waals surface area contributed by atoms with E-state index in [1.54, 1.807) is 50.4 Å². The van der Waals surface area contributed by atoms with E-state index < -0.39 is 10.0 Å². The number of fused-ring (bicyclic) bond motifs is 1. The number of ether oxygens (including phenoxy) is 1. The van der Waals surface area contributed by atoms with Crippen LogP contribution < -0.4 is 14.8 Å². The first-order valence-corrected chi connectivity index (χ1v) is 11.4. The van der Waals surface area contributed by atoms with Crippen molar-refractivity contribution in [3.63, 3.8) is 0 Å². The molecule has 164 valence electrons. The molecule has 0 aliphatic carbocycles. The highest BCUT2D eigenvalue weighted by Gasteiger charge is 2.20. The first-order chi connectivity index (χ1) is 15.3. The normalized spacial score (nSPS) is 11.3. The van der Waals surface area contributed by atoms with Gasteiger partial charge in [-0.25, -0.2) is 8.42 Å². The van der Waals surface area contributed by atoms with Crippen molar-refractivity contribution in [3.8, 4) is 5.75 Å². The Morgan fingerprint density at radius 3 is 2.34 bits per heavy atom. The van der Waals surface area contributed by atoms with Crippen LogP contribution in [0.15, 0.2) is 71.6 Å². The van der Waals surface area contributed by atoms with Crippen LogP contribution in [0.2, 0.25) is 0 Å². The molecule has 0 saturated carbocycles. The van der Waals surface area contributed by atoms with Gasteiger partial charge in [-0.1, -0.05) is 24.3 Å². The Morgan fingerprint density at radius 1 is 0.938 bits per heavy atom. The number of nitrogens with one attached hydrogen (secondary N) is 3.